The van der Waals surface area contributed by atoms with Gasteiger partial charge < -0.3 is 15.2 Å². The minimum absolute atomic E-state index is 0.496. The first-order valence-electron chi connectivity index (χ1n) is 6.12. The SMILES string of the molecule is CCOc1ccccc1Oc1ccc(CN)c(Br)c1. The van der Waals surface area contributed by atoms with Crippen molar-refractivity contribution in [3.8, 4) is 17.2 Å². The first-order valence-corrected chi connectivity index (χ1v) is 6.92. The minimum atomic E-state index is 0.496. The van der Waals surface area contributed by atoms with Crippen LogP contribution in [0.2, 0.25) is 0 Å². The molecule has 19 heavy (non-hydrogen) atoms. The van der Waals surface area contributed by atoms with Gasteiger partial charge in [-0.3, -0.25) is 0 Å². The molecule has 0 aromatic heterocycles. The van der Waals surface area contributed by atoms with E-state index in [1.54, 1.807) is 0 Å². The monoisotopic (exact) mass is 321 g/mol. The second kappa shape index (κ2) is 6.59. The van der Waals surface area contributed by atoms with Crippen LogP contribution in [0.4, 0.5) is 0 Å². The maximum absolute atomic E-state index is 5.85. The van der Waals surface area contributed by atoms with Crippen LogP contribution >= 0.6 is 15.9 Å². The van der Waals surface area contributed by atoms with Crippen molar-refractivity contribution in [3.63, 3.8) is 0 Å². The fraction of sp³-hybridized carbons (Fsp3) is 0.200. The van der Waals surface area contributed by atoms with Gasteiger partial charge in [0, 0.05) is 11.0 Å². The first-order chi connectivity index (χ1) is 9.24. The summed E-state index contributed by atoms with van der Waals surface area (Å²) >= 11 is 3.48. The smallest absolute Gasteiger partial charge is 0.169 e. The van der Waals surface area contributed by atoms with Crippen molar-refractivity contribution in [2.75, 3.05) is 6.61 Å². The van der Waals surface area contributed by atoms with Gasteiger partial charge in [0.05, 0.1) is 6.61 Å². The number of ether oxygens (including phenoxy) is 2. The zero-order chi connectivity index (χ0) is 13.7. The molecule has 0 aliphatic heterocycles. The van der Waals surface area contributed by atoms with Crippen molar-refractivity contribution in [2.45, 2.75) is 13.5 Å². The van der Waals surface area contributed by atoms with Crippen LogP contribution in [-0.4, -0.2) is 6.61 Å². The molecule has 0 atom stereocenters. The van der Waals surface area contributed by atoms with Crippen LogP contribution in [-0.2, 0) is 6.54 Å². The highest BCUT2D eigenvalue weighted by molar-refractivity contribution is 9.10. The molecule has 4 heteroatoms. The van der Waals surface area contributed by atoms with E-state index in [1.807, 2.05) is 49.4 Å². The van der Waals surface area contributed by atoms with E-state index in [1.165, 1.54) is 0 Å². The third-order valence-corrected chi connectivity index (χ3v) is 3.36. The summed E-state index contributed by atoms with van der Waals surface area (Å²) in [5, 5.41) is 0. The van der Waals surface area contributed by atoms with E-state index >= 15 is 0 Å². The summed E-state index contributed by atoms with van der Waals surface area (Å²) in [6.07, 6.45) is 0. The zero-order valence-corrected chi connectivity index (χ0v) is 12.3. The Morgan fingerprint density at radius 3 is 2.47 bits per heavy atom. The predicted molar refractivity (Wildman–Crippen MR) is 79.7 cm³/mol. The van der Waals surface area contributed by atoms with Gasteiger partial charge in [0.25, 0.3) is 0 Å². The average molecular weight is 322 g/mol. The fourth-order valence-electron chi connectivity index (χ4n) is 1.69. The van der Waals surface area contributed by atoms with Crippen LogP contribution in [0.1, 0.15) is 12.5 Å². The molecule has 0 aliphatic carbocycles. The number of para-hydroxylation sites is 2. The molecule has 0 spiro atoms. The predicted octanol–water partition coefficient (Wildman–Crippen LogP) is 4.10. The lowest BCUT2D eigenvalue weighted by atomic mass is 10.2. The standard InChI is InChI=1S/C15H16BrNO2/c1-2-18-14-5-3-4-6-15(14)19-12-8-7-11(10-17)13(16)9-12/h3-9H,2,10,17H2,1H3. The van der Waals surface area contributed by atoms with Crippen molar-refractivity contribution < 1.29 is 9.47 Å². The molecule has 0 fully saturated rings. The number of benzene rings is 2. The lowest BCUT2D eigenvalue weighted by Crippen LogP contribution is -1.98. The van der Waals surface area contributed by atoms with Crippen LogP contribution in [0.25, 0.3) is 0 Å². The average Bonchev–Trinajstić information content (AvgIpc) is 2.41. The zero-order valence-electron chi connectivity index (χ0n) is 10.7. The Hall–Kier alpha value is -1.52. The van der Waals surface area contributed by atoms with Crippen LogP contribution in [0.3, 0.4) is 0 Å². The molecule has 3 nitrogen and oxygen atoms in total. The van der Waals surface area contributed by atoms with Gasteiger partial charge in [0.2, 0.25) is 0 Å². The van der Waals surface area contributed by atoms with Crippen LogP contribution in [0, 0.1) is 0 Å². The molecule has 0 unspecified atom stereocenters. The van der Waals surface area contributed by atoms with Crippen molar-refractivity contribution in [2.24, 2.45) is 5.73 Å². The number of nitrogens with two attached hydrogens (primary N) is 1. The van der Waals surface area contributed by atoms with Gasteiger partial charge >= 0.3 is 0 Å². The topological polar surface area (TPSA) is 44.5 Å². The third kappa shape index (κ3) is 3.49. The van der Waals surface area contributed by atoms with E-state index in [4.69, 9.17) is 15.2 Å². The summed E-state index contributed by atoms with van der Waals surface area (Å²) in [6, 6.07) is 13.4. The van der Waals surface area contributed by atoms with Gasteiger partial charge in [-0.05, 0) is 36.8 Å². The van der Waals surface area contributed by atoms with Crippen LogP contribution in [0.5, 0.6) is 17.2 Å². The highest BCUT2D eigenvalue weighted by Gasteiger charge is 2.06. The van der Waals surface area contributed by atoms with Gasteiger partial charge in [0.15, 0.2) is 11.5 Å². The molecule has 2 aromatic rings. The van der Waals surface area contributed by atoms with E-state index in [-0.39, 0.29) is 0 Å². The molecule has 0 saturated heterocycles. The Balaban J connectivity index is 2.23. The van der Waals surface area contributed by atoms with Gasteiger partial charge in [-0.2, -0.15) is 0 Å². The largest absolute Gasteiger partial charge is 0.490 e. The normalized spacial score (nSPS) is 10.3. The summed E-state index contributed by atoms with van der Waals surface area (Å²) in [6.45, 7) is 3.05. The fourth-order valence-corrected chi connectivity index (χ4v) is 2.21. The van der Waals surface area contributed by atoms with E-state index in [9.17, 15) is 0 Å². The molecule has 0 saturated carbocycles. The molecule has 0 radical (unpaired) electrons. The number of hydrogen-bond acceptors (Lipinski definition) is 3. The maximum Gasteiger partial charge on any atom is 0.169 e. The maximum atomic E-state index is 5.85. The highest BCUT2D eigenvalue weighted by atomic mass is 79.9. The Morgan fingerprint density at radius 1 is 1.11 bits per heavy atom. The first kappa shape index (κ1) is 13.9. The number of hydrogen-bond donors (Lipinski definition) is 1. The molecule has 2 N–H and O–H groups in total. The molecule has 0 aliphatic rings. The summed E-state index contributed by atoms with van der Waals surface area (Å²) in [7, 11) is 0. The van der Waals surface area contributed by atoms with Gasteiger partial charge in [0.1, 0.15) is 5.75 Å². The molecule has 2 aromatic carbocycles. The van der Waals surface area contributed by atoms with Gasteiger partial charge in [-0.15, -0.1) is 0 Å². The van der Waals surface area contributed by atoms with Crippen molar-refractivity contribution in [1.29, 1.82) is 0 Å². The Morgan fingerprint density at radius 2 is 1.84 bits per heavy atom. The number of rotatable bonds is 5. The second-order valence-electron chi connectivity index (χ2n) is 3.94. The minimum Gasteiger partial charge on any atom is -0.490 e. The highest BCUT2D eigenvalue weighted by Crippen LogP contribution is 2.33. The molecular weight excluding hydrogens is 306 g/mol. The molecule has 0 heterocycles. The third-order valence-electron chi connectivity index (χ3n) is 2.62. The molecule has 2 rings (SSSR count). The quantitative estimate of drug-likeness (QED) is 0.901. The number of halogens is 1. The van der Waals surface area contributed by atoms with E-state index in [0.717, 1.165) is 21.5 Å². The summed E-state index contributed by atoms with van der Waals surface area (Å²) < 4.78 is 12.3. The van der Waals surface area contributed by atoms with Crippen molar-refractivity contribution >= 4 is 15.9 Å². The molecular formula is C15H16BrNO2. The van der Waals surface area contributed by atoms with Crippen LogP contribution in [0.15, 0.2) is 46.9 Å². The molecule has 0 amide bonds. The van der Waals surface area contributed by atoms with E-state index in [0.29, 0.717) is 18.9 Å². The molecule has 100 valence electrons. The Bertz CT molecular complexity index is 558. The lowest BCUT2D eigenvalue weighted by Gasteiger charge is -2.12. The van der Waals surface area contributed by atoms with E-state index < -0.39 is 0 Å². The van der Waals surface area contributed by atoms with E-state index in [2.05, 4.69) is 15.9 Å². The van der Waals surface area contributed by atoms with Gasteiger partial charge in [-0.25, -0.2) is 0 Å². The summed E-state index contributed by atoms with van der Waals surface area (Å²) in [5.74, 6) is 2.19. The van der Waals surface area contributed by atoms with Crippen LogP contribution < -0.4 is 15.2 Å². The second-order valence-corrected chi connectivity index (χ2v) is 4.79. The Kier molecular flexibility index (Phi) is 4.82. The molecule has 0 bridgehead atoms. The summed E-state index contributed by atoms with van der Waals surface area (Å²) in [5.41, 5.74) is 6.67. The van der Waals surface area contributed by atoms with Crippen molar-refractivity contribution in [1.82, 2.24) is 0 Å². The Labute approximate surface area is 121 Å². The van der Waals surface area contributed by atoms with Crippen molar-refractivity contribution in [3.05, 3.63) is 52.5 Å². The lowest BCUT2D eigenvalue weighted by molar-refractivity contribution is 0.321. The van der Waals surface area contributed by atoms with Gasteiger partial charge in [-0.1, -0.05) is 34.1 Å². The summed E-state index contributed by atoms with van der Waals surface area (Å²) in [4.78, 5) is 0.